The van der Waals surface area contributed by atoms with Gasteiger partial charge in [-0.1, -0.05) is 114 Å². The van der Waals surface area contributed by atoms with E-state index in [2.05, 4.69) is 47.4 Å². The molecule has 6 rings (SSSR count). The van der Waals surface area contributed by atoms with Gasteiger partial charge in [0.1, 0.15) is 70.6 Å². The number of rotatable bonds is 32. The quantitative estimate of drug-likeness (QED) is 0.0320. The summed E-state index contributed by atoms with van der Waals surface area (Å²) in [5, 5.41) is 24.4. The van der Waals surface area contributed by atoms with Crippen LogP contribution >= 0.6 is 0 Å². The molecule has 782 valence electrons. The number of methoxy groups -OCH3 is 3. The van der Waals surface area contributed by atoms with Crippen molar-refractivity contribution in [2.45, 2.75) is 257 Å². The molecule has 0 aromatic heterocycles. The molecule has 0 aliphatic carbocycles. The Bertz CT molecular complexity index is 4980. The molecule has 6 aliphatic rings. The molecule has 0 radical (unpaired) electrons. The van der Waals surface area contributed by atoms with Gasteiger partial charge in [0.05, 0.1) is 64.6 Å². The van der Waals surface area contributed by atoms with Crippen LogP contribution in [0.4, 0.5) is 0 Å². The molecule has 6 N–H and O–H groups in total. The molecule has 136 heavy (non-hydrogen) atoms. The zero-order chi connectivity index (χ0) is 106. The molecule has 2 amide bonds. The van der Waals surface area contributed by atoms with Crippen LogP contribution in [-0.2, 0) is 134 Å². The fourth-order valence-corrected chi connectivity index (χ4v) is 25.7. The molecule has 14 atom stereocenters. The maximum Gasteiger partial charge on any atom is 0.323 e. The minimum atomic E-state index is -4.28. The van der Waals surface area contributed by atoms with E-state index >= 15 is 0 Å². The normalized spacial score (nSPS) is 22.6. The van der Waals surface area contributed by atoms with Crippen LogP contribution in [0.1, 0.15) is 172 Å². The summed E-state index contributed by atoms with van der Waals surface area (Å²) in [5.41, 5.74) is 0. The Morgan fingerprint density at radius 1 is 0.390 bits per heavy atom. The summed E-state index contributed by atoms with van der Waals surface area (Å²) in [4.78, 5) is 116. The lowest BCUT2D eigenvalue weighted by Crippen LogP contribution is -2.55. The first-order chi connectivity index (χ1) is 62.6. The second kappa shape index (κ2) is 57.9. The first kappa shape index (κ1) is 128. The largest absolute Gasteiger partial charge is 0.507 e. The minimum absolute atomic E-state index is 0.0503. The number of esters is 3. The van der Waals surface area contributed by atoms with Gasteiger partial charge in [0.15, 0.2) is 0 Å². The predicted octanol–water partition coefficient (Wildman–Crippen LogP) is 2.47. The van der Waals surface area contributed by atoms with E-state index in [1.807, 2.05) is 79.7 Å². The van der Waals surface area contributed by atoms with Crippen LogP contribution < -0.4 is 20.1 Å². The zero-order valence-corrected chi connectivity index (χ0v) is 89.3. The lowest BCUT2D eigenvalue weighted by Gasteiger charge is -2.33. The Morgan fingerprint density at radius 3 is 0.860 bits per heavy atom. The SMILES string of the molecule is C=CCN(C(C)C(C)=O)S(=O)(=O)N(CC=C)C(C)C(=O)OC.CC(=O)C(C)N1CC=CCN(C(C)C(C)=O)S1(=O)=O.CC(C)C1C=CC(C(C)C)NS(=O)(=O)N1.CCC(C)N1CC=CCN(C(C)CC)S1(=O)=O.CNC(=O)C(C)N1CC=CCN(C(C)C(=O)NC)S1(=O)=O.COC(=O)C(C)N1CC(O)=C(O)CN(C(C)C(C)=O)S1(=O)=O.COC(=O)C(C)N1CC=CCN(C(C)C(C)=O)S1(=O)=O. The van der Waals surface area contributed by atoms with Crippen LogP contribution in [0.2, 0.25) is 0 Å². The number of aliphatic hydroxyl groups excluding tert-OH is 2. The molecule has 45 nitrogen and oxygen atoms in total. The van der Waals surface area contributed by atoms with E-state index in [1.54, 1.807) is 58.9 Å². The number of hydrogen-bond donors (Lipinski definition) is 6. The Kier molecular flexibility index (Phi) is 54.6. The monoisotopic (exact) mass is 2070 g/mol. The van der Waals surface area contributed by atoms with E-state index in [-0.39, 0.29) is 111 Å². The number of nitrogens with zero attached hydrogens (tertiary/aromatic N) is 12. The van der Waals surface area contributed by atoms with Crippen LogP contribution in [-0.4, -0.2) is 378 Å². The maximum absolute atomic E-state index is 12.8. The number of aliphatic hydroxyl groups is 2. The number of carbonyl (C=O) groups is 10. The number of ketones is 5. The van der Waals surface area contributed by atoms with Crippen molar-refractivity contribution in [3.8, 4) is 0 Å². The summed E-state index contributed by atoms with van der Waals surface area (Å²) in [5.74, 6) is -5.08. The number of hydrogen-bond acceptors (Lipinski definition) is 29. The minimum Gasteiger partial charge on any atom is -0.507 e. The second-order valence-electron chi connectivity index (χ2n) is 33.0. The van der Waals surface area contributed by atoms with Crippen molar-refractivity contribution in [3.05, 3.63) is 97.6 Å². The van der Waals surface area contributed by atoms with Crippen molar-refractivity contribution in [3.63, 3.8) is 0 Å². The first-order valence-corrected chi connectivity index (χ1v) is 53.8. The van der Waals surface area contributed by atoms with Gasteiger partial charge in [-0.3, -0.25) is 47.9 Å². The van der Waals surface area contributed by atoms with Gasteiger partial charge in [0.25, 0.3) is 71.5 Å². The third kappa shape index (κ3) is 35.8. The first-order valence-electron chi connectivity index (χ1n) is 43.9. The molecule has 0 bridgehead atoms. The van der Waals surface area contributed by atoms with Crippen LogP contribution in [0.15, 0.2) is 97.6 Å². The van der Waals surface area contributed by atoms with Gasteiger partial charge in [0, 0.05) is 104 Å². The highest BCUT2D eigenvalue weighted by Gasteiger charge is 2.47. The highest BCUT2D eigenvalue weighted by atomic mass is 32.2. The standard InChI is InChI=1S/C14H24N2O5S.C12H22N4O4S.C12H20N2O7S.C12H20N2O5S.C12H20N2O4S.C12H24N2O2S.C10H20N2O2S/c1-7-9-15(11(3)13(5)17)22(19,20)16(10-8-2)12(4)14(18)21-6;1-9(11(17)13-3)15-7-5-6-8-16(21(15,19)20)10(2)12(18)14-4;1-7(9(3)15)13-5-10(16)11(17)6-14(22(13,19)20)8(2)12(18)21-4;1-9(11(3)15)13-7-5-6-8-14(20(13,17)18)10(2)12(16)19-4;1-9(11(3)15)13-7-5-6-8-14(19(13,17)18)10(2)12(4)16;1-5-11(3)13-9-7-8-10-14(12(4)6-2)17(13,15)16;1-7(2)9-5-6-10(8(3)4)12-15(13,14)11-9/h7-8,11-12H,1-2,9-10H2,3-6H3;5-6,9-10H,7-8H2,1-4H3,(H,13,17)(H,14,18);7-8,16-17H,5-6H2,1-4H3;5-6,9-10H,7-8H2,1-4H3;5-6,9-10H,7-8H2,1-4H3;7-8,11-12H,5-6,9-10H2,1-4H3;5-12H,1-4H3. The number of amides is 2. The topological polar surface area (TPSA) is 565 Å². The molecule has 0 aromatic rings. The summed E-state index contributed by atoms with van der Waals surface area (Å²) in [6, 6.07) is -9.28. The fourth-order valence-electron chi connectivity index (χ4n) is 12.8. The molecule has 0 saturated heterocycles. The van der Waals surface area contributed by atoms with Crippen LogP contribution in [0.3, 0.4) is 0 Å². The van der Waals surface area contributed by atoms with E-state index in [4.69, 9.17) is 0 Å². The molecule has 0 aromatic carbocycles. The average molecular weight is 2070 g/mol. The van der Waals surface area contributed by atoms with Crippen molar-refractivity contribution in [1.82, 2.24) is 71.7 Å². The molecule has 52 heteroatoms. The van der Waals surface area contributed by atoms with Gasteiger partial charge >= 0.3 is 17.9 Å². The fraction of sp³-hybridized carbons (Fsp3) is 0.690. The third-order valence-corrected chi connectivity index (χ3v) is 36.8. The molecule has 0 fully saturated rings. The Balaban J connectivity index is 0.00000157. The molecular formula is C84H150N16O29S7. The maximum atomic E-state index is 12.8. The van der Waals surface area contributed by atoms with Gasteiger partial charge < -0.3 is 35.1 Å². The van der Waals surface area contributed by atoms with Crippen molar-refractivity contribution >= 4 is 130 Å². The van der Waals surface area contributed by atoms with E-state index in [1.165, 1.54) is 130 Å². The Morgan fingerprint density at radius 2 is 0.618 bits per heavy atom. The van der Waals surface area contributed by atoms with Gasteiger partial charge in [-0.2, -0.15) is 120 Å². The molecular weight excluding hydrogens is 1920 g/mol. The highest BCUT2D eigenvalue weighted by Crippen LogP contribution is 2.28. The van der Waals surface area contributed by atoms with Gasteiger partial charge in [-0.25, -0.2) is 0 Å². The number of ether oxygens (including phenoxy) is 3. The Hall–Kier alpha value is -7.69. The zero-order valence-electron chi connectivity index (χ0n) is 83.6. The third-order valence-electron chi connectivity index (χ3n) is 22.9. The number of likely N-dealkylation sites (N-methyl/N-ethyl adjacent to an activating group) is 2. The summed E-state index contributed by atoms with van der Waals surface area (Å²) in [7, 11) is -20.3. The van der Waals surface area contributed by atoms with Crippen molar-refractivity contribution < 1.29 is 131 Å². The number of nitrogens with one attached hydrogen (secondary N) is 4. The van der Waals surface area contributed by atoms with E-state index in [0.717, 1.165) is 58.7 Å². The summed E-state index contributed by atoms with van der Waals surface area (Å²) < 4.78 is 207. The number of carbonyl (C=O) groups excluding carboxylic acids is 10. The van der Waals surface area contributed by atoms with Crippen LogP contribution in [0, 0.1) is 11.8 Å². The van der Waals surface area contributed by atoms with Gasteiger partial charge in [-0.15, -0.1) is 13.2 Å². The lowest BCUT2D eigenvalue weighted by atomic mass is 10.0. The van der Waals surface area contributed by atoms with E-state index in [0.29, 0.717) is 17.4 Å². The number of Topliss-reactive ketones (excluding diaryl/α,β-unsaturated/α-hetero) is 5. The summed E-state index contributed by atoms with van der Waals surface area (Å²) >= 11 is 0. The average Bonchev–Trinajstić information content (AvgIpc) is 1.68. The summed E-state index contributed by atoms with van der Waals surface area (Å²) in [6.45, 7) is 44.5. The smallest absolute Gasteiger partial charge is 0.323 e. The highest BCUT2D eigenvalue weighted by molar-refractivity contribution is 7.88. The molecule has 6 aliphatic heterocycles. The van der Waals surface area contributed by atoms with Crippen LogP contribution in [0.25, 0.3) is 0 Å². The second-order valence-corrected chi connectivity index (χ2v) is 45.5. The van der Waals surface area contributed by atoms with Crippen LogP contribution in [0.5, 0.6) is 0 Å². The van der Waals surface area contributed by atoms with Crippen molar-refractivity contribution in [2.24, 2.45) is 11.8 Å². The molecule has 0 saturated carbocycles. The van der Waals surface area contributed by atoms with E-state index < -0.39 is 192 Å². The Labute approximate surface area is 808 Å². The van der Waals surface area contributed by atoms with Gasteiger partial charge in [-0.05, 0) is 142 Å². The lowest BCUT2D eigenvalue weighted by molar-refractivity contribution is -0.145. The molecule has 6 heterocycles. The summed E-state index contributed by atoms with van der Waals surface area (Å²) in [6.07, 6.45) is 22.3. The van der Waals surface area contributed by atoms with Gasteiger partial charge in [0.2, 0.25) is 11.8 Å². The van der Waals surface area contributed by atoms with Crippen molar-refractivity contribution in [1.29, 1.82) is 0 Å². The molecule has 0 spiro atoms. The predicted molar refractivity (Wildman–Crippen MR) is 517 cm³/mol. The molecule has 14 unspecified atom stereocenters. The van der Waals surface area contributed by atoms with Crippen molar-refractivity contribution in [2.75, 3.05) is 114 Å². The van der Waals surface area contributed by atoms with E-state index in [9.17, 15) is 117 Å².